The predicted octanol–water partition coefficient (Wildman–Crippen LogP) is 2.10. The molecule has 2 rings (SSSR count). The molecule has 1 aromatic carbocycles. The van der Waals surface area contributed by atoms with Gasteiger partial charge >= 0.3 is 5.97 Å². The van der Waals surface area contributed by atoms with Gasteiger partial charge in [-0.1, -0.05) is 6.42 Å². The van der Waals surface area contributed by atoms with Crippen LogP contribution < -0.4 is 9.47 Å². The number of esters is 1. The van der Waals surface area contributed by atoms with Crippen molar-refractivity contribution in [3.8, 4) is 11.5 Å². The number of likely N-dealkylation sites (tertiary alicyclic amines) is 1. The predicted molar refractivity (Wildman–Crippen MR) is 90.7 cm³/mol. The summed E-state index contributed by atoms with van der Waals surface area (Å²) in [6.07, 6.45) is 3.04. The van der Waals surface area contributed by atoms with E-state index in [9.17, 15) is 9.90 Å². The second-order valence-electron chi connectivity index (χ2n) is 6.16. The molecule has 1 fully saturated rings. The van der Waals surface area contributed by atoms with Crippen molar-refractivity contribution in [3.63, 3.8) is 0 Å². The van der Waals surface area contributed by atoms with Gasteiger partial charge in [0.1, 0.15) is 12.7 Å². The van der Waals surface area contributed by atoms with E-state index in [1.54, 1.807) is 18.2 Å². The zero-order valence-corrected chi connectivity index (χ0v) is 14.7. The zero-order chi connectivity index (χ0) is 17.5. The van der Waals surface area contributed by atoms with Crippen LogP contribution in [0, 0.1) is 0 Å². The molecule has 1 aliphatic rings. The summed E-state index contributed by atoms with van der Waals surface area (Å²) < 4.78 is 15.6. The summed E-state index contributed by atoms with van der Waals surface area (Å²) in [6, 6.07) is 5.34. The number of rotatable bonds is 7. The molecule has 1 aromatic rings. The number of hydrogen-bond acceptors (Lipinski definition) is 6. The van der Waals surface area contributed by atoms with E-state index < -0.39 is 12.1 Å². The van der Waals surface area contributed by atoms with Crippen LogP contribution in [0.25, 0.3) is 0 Å². The Morgan fingerprint density at radius 1 is 1.33 bits per heavy atom. The van der Waals surface area contributed by atoms with Gasteiger partial charge in [-0.15, -0.1) is 0 Å². The largest absolute Gasteiger partial charge is 0.493 e. The molecule has 0 bridgehead atoms. The fourth-order valence-corrected chi connectivity index (χ4v) is 2.97. The van der Waals surface area contributed by atoms with E-state index in [1.165, 1.54) is 33.5 Å². The molecule has 1 heterocycles. The third-order valence-corrected chi connectivity index (χ3v) is 4.40. The lowest BCUT2D eigenvalue weighted by molar-refractivity contribution is 0.0431. The van der Waals surface area contributed by atoms with Crippen LogP contribution in [0.2, 0.25) is 0 Å². The highest BCUT2D eigenvalue weighted by atomic mass is 16.5. The van der Waals surface area contributed by atoms with Crippen molar-refractivity contribution < 1.29 is 24.1 Å². The lowest BCUT2D eigenvalue weighted by Gasteiger charge is -2.34. The molecular formula is C18H27NO5. The average Bonchev–Trinajstić information content (AvgIpc) is 2.61. The van der Waals surface area contributed by atoms with E-state index in [0.29, 0.717) is 29.6 Å². The van der Waals surface area contributed by atoms with Crippen LogP contribution in [-0.4, -0.2) is 62.0 Å². The maximum Gasteiger partial charge on any atom is 0.337 e. The van der Waals surface area contributed by atoms with Crippen LogP contribution in [0.1, 0.15) is 36.5 Å². The van der Waals surface area contributed by atoms with Crippen molar-refractivity contribution in [1.29, 1.82) is 0 Å². The van der Waals surface area contributed by atoms with Gasteiger partial charge in [-0.25, -0.2) is 4.79 Å². The molecule has 1 N–H and O–H groups in total. The number of aliphatic hydroxyl groups excluding tert-OH is 1. The lowest BCUT2D eigenvalue weighted by Crippen LogP contribution is -2.43. The van der Waals surface area contributed by atoms with Crippen LogP contribution in [0.5, 0.6) is 11.5 Å². The molecule has 0 unspecified atom stereocenters. The summed E-state index contributed by atoms with van der Waals surface area (Å²) in [5.41, 5.74) is 0.393. The highest BCUT2D eigenvalue weighted by Gasteiger charge is 2.21. The van der Waals surface area contributed by atoms with Gasteiger partial charge in [-0.2, -0.15) is 0 Å². The molecule has 1 aliphatic heterocycles. The molecule has 0 aliphatic carbocycles. The average molecular weight is 337 g/mol. The standard InChI is InChI=1S/C18H27NO5/c1-13-6-4-5-9-19(13)11-15(20)12-24-16-8-7-14(18(21)23-3)10-17(16)22-2/h7-8,10,13,15,20H,4-6,9,11-12H2,1-3H3/t13-,15-/m0/s1. The van der Waals surface area contributed by atoms with Crippen LogP contribution in [0.3, 0.4) is 0 Å². The number of nitrogens with zero attached hydrogens (tertiary/aromatic N) is 1. The molecule has 134 valence electrons. The van der Waals surface area contributed by atoms with E-state index in [-0.39, 0.29) is 6.61 Å². The number of benzene rings is 1. The molecule has 0 spiro atoms. The van der Waals surface area contributed by atoms with E-state index in [2.05, 4.69) is 16.6 Å². The first-order valence-electron chi connectivity index (χ1n) is 8.36. The number of aliphatic hydroxyl groups is 1. The second kappa shape index (κ2) is 8.89. The number of ether oxygens (including phenoxy) is 3. The molecule has 2 atom stereocenters. The molecule has 0 aromatic heterocycles. The number of methoxy groups -OCH3 is 2. The fraction of sp³-hybridized carbons (Fsp3) is 0.611. The number of hydrogen-bond donors (Lipinski definition) is 1. The van der Waals surface area contributed by atoms with Gasteiger partial charge in [0.05, 0.1) is 19.8 Å². The molecule has 24 heavy (non-hydrogen) atoms. The van der Waals surface area contributed by atoms with Crippen LogP contribution >= 0.6 is 0 Å². The van der Waals surface area contributed by atoms with Crippen molar-refractivity contribution in [2.24, 2.45) is 0 Å². The van der Waals surface area contributed by atoms with Crippen molar-refractivity contribution in [3.05, 3.63) is 23.8 Å². The Hall–Kier alpha value is -1.79. The minimum Gasteiger partial charge on any atom is -0.493 e. The van der Waals surface area contributed by atoms with Gasteiger partial charge in [0.2, 0.25) is 0 Å². The monoisotopic (exact) mass is 337 g/mol. The van der Waals surface area contributed by atoms with E-state index >= 15 is 0 Å². The summed E-state index contributed by atoms with van der Waals surface area (Å²) in [6.45, 7) is 4.00. The minimum atomic E-state index is -0.574. The number of piperidine rings is 1. The first-order valence-corrected chi connectivity index (χ1v) is 8.36. The first kappa shape index (κ1) is 18.5. The quantitative estimate of drug-likeness (QED) is 0.769. The molecular weight excluding hydrogens is 310 g/mol. The topological polar surface area (TPSA) is 68.2 Å². The zero-order valence-electron chi connectivity index (χ0n) is 14.7. The minimum absolute atomic E-state index is 0.178. The van der Waals surface area contributed by atoms with Gasteiger partial charge in [0.15, 0.2) is 11.5 Å². The maximum atomic E-state index is 11.5. The van der Waals surface area contributed by atoms with E-state index in [0.717, 1.165) is 6.54 Å². The van der Waals surface area contributed by atoms with Gasteiger partial charge in [-0.05, 0) is 44.5 Å². The van der Waals surface area contributed by atoms with Crippen LogP contribution in [-0.2, 0) is 4.74 Å². The summed E-state index contributed by atoms with van der Waals surface area (Å²) in [4.78, 5) is 13.8. The van der Waals surface area contributed by atoms with Crippen molar-refractivity contribution in [1.82, 2.24) is 4.90 Å². The number of β-amino-alcohol motifs (C(OH)–C–C–N with tert-alkyl or cyclic N) is 1. The Morgan fingerprint density at radius 2 is 2.12 bits per heavy atom. The maximum absolute atomic E-state index is 11.5. The van der Waals surface area contributed by atoms with Gasteiger partial charge in [-0.3, -0.25) is 4.90 Å². The van der Waals surface area contributed by atoms with Crippen molar-refractivity contribution in [2.45, 2.75) is 38.3 Å². The Morgan fingerprint density at radius 3 is 2.79 bits per heavy atom. The lowest BCUT2D eigenvalue weighted by atomic mass is 10.0. The Kier molecular flexibility index (Phi) is 6.87. The molecule has 0 radical (unpaired) electrons. The highest BCUT2D eigenvalue weighted by Crippen LogP contribution is 2.28. The molecule has 1 saturated heterocycles. The van der Waals surface area contributed by atoms with Gasteiger partial charge < -0.3 is 19.3 Å². The highest BCUT2D eigenvalue weighted by molar-refractivity contribution is 5.90. The van der Waals surface area contributed by atoms with Crippen molar-refractivity contribution >= 4 is 5.97 Å². The summed E-state index contributed by atoms with van der Waals surface area (Å²) in [7, 11) is 2.84. The van der Waals surface area contributed by atoms with Gasteiger partial charge in [0.25, 0.3) is 0 Å². The Bertz CT molecular complexity index is 548. The smallest absolute Gasteiger partial charge is 0.337 e. The van der Waals surface area contributed by atoms with E-state index in [1.807, 2.05) is 0 Å². The summed E-state index contributed by atoms with van der Waals surface area (Å²) in [5.74, 6) is 0.506. The van der Waals surface area contributed by atoms with Crippen molar-refractivity contribution in [2.75, 3.05) is 33.9 Å². The first-order chi connectivity index (χ1) is 11.5. The SMILES string of the molecule is COC(=O)c1ccc(OC[C@@H](O)CN2CCCC[C@@H]2C)c(OC)c1. The fourth-order valence-electron chi connectivity index (χ4n) is 2.97. The normalized spacial score (nSPS) is 19.6. The number of carbonyl (C=O) groups is 1. The third kappa shape index (κ3) is 4.85. The third-order valence-electron chi connectivity index (χ3n) is 4.40. The Balaban J connectivity index is 1.91. The molecule has 0 amide bonds. The van der Waals surface area contributed by atoms with E-state index in [4.69, 9.17) is 9.47 Å². The Labute approximate surface area is 143 Å². The van der Waals surface area contributed by atoms with Crippen LogP contribution in [0.15, 0.2) is 18.2 Å². The van der Waals surface area contributed by atoms with Crippen LogP contribution in [0.4, 0.5) is 0 Å². The second-order valence-corrected chi connectivity index (χ2v) is 6.16. The molecule has 6 nitrogen and oxygen atoms in total. The summed E-state index contributed by atoms with van der Waals surface area (Å²) >= 11 is 0. The number of carbonyl (C=O) groups excluding carboxylic acids is 1. The molecule has 6 heteroatoms. The molecule has 0 saturated carbocycles. The van der Waals surface area contributed by atoms with Gasteiger partial charge in [0, 0.05) is 12.6 Å². The summed E-state index contributed by atoms with van der Waals surface area (Å²) in [5, 5.41) is 10.2.